The van der Waals surface area contributed by atoms with E-state index in [9.17, 15) is 24.5 Å². The summed E-state index contributed by atoms with van der Waals surface area (Å²) in [4.78, 5) is 50.2. The molecule has 1 amide bonds. The van der Waals surface area contributed by atoms with E-state index >= 15 is 0 Å². The second-order valence-corrected chi connectivity index (χ2v) is 5.66. The molecule has 1 heterocycles. The molecule has 0 spiro atoms. The molecule has 2 aromatic carbocycles. The monoisotopic (exact) mass is 366 g/mol. The average Bonchev–Trinajstić information content (AvgIpc) is 2.64. The Morgan fingerprint density at radius 3 is 2.48 bits per heavy atom. The maximum atomic E-state index is 12.7. The lowest BCUT2D eigenvalue weighted by Crippen LogP contribution is -2.38. The Hall–Kier alpha value is -4.01. The van der Waals surface area contributed by atoms with E-state index in [-0.39, 0.29) is 16.9 Å². The molecule has 2 N–H and O–H groups in total. The second-order valence-electron chi connectivity index (χ2n) is 5.66. The molecule has 3 rings (SSSR count). The Balaban J connectivity index is 2.07. The first kappa shape index (κ1) is 17.8. The molecule has 0 atom stereocenters. The first-order valence-corrected chi connectivity index (χ1v) is 7.85. The summed E-state index contributed by atoms with van der Waals surface area (Å²) in [5.41, 5.74) is -1.44. The number of anilines is 1. The number of amides is 1. The quantitative estimate of drug-likeness (QED) is 0.539. The Labute approximate surface area is 152 Å². The van der Waals surface area contributed by atoms with E-state index < -0.39 is 22.1 Å². The third-order valence-electron chi connectivity index (χ3n) is 3.92. The molecule has 3 aromatic rings. The van der Waals surface area contributed by atoms with Crippen LogP contribution in [0.15, 0.2) is 64.3 Å². The van der Waals surface area contributed by atoms with Gasteiger partial charge in [0, 0.05) is 12.3 Å². The highest BCUT2D eigenvalue weighted by atomic mass is 16.6. The van der Waals surface area contributed by atoms with Gasteiger partial charge in [-0.05, 0) is 24.6 Å². The number of carbonyl (C=O) groups excluding carboxylic acids is 1. The number of para-hydroxylation sites is 2. The van der Waals surface area contributed by atoms with Gasteiger partial charge in [-0.2, -0.15) is 0 Å². The van der Waals surface area contributed by atoms with E-state index in [4.69, 9.17) is 0 Å². The molecule has 0 unspecified atom stereocenters. The van der Waals surface area contributed by atoms with Crippen LogP contribution in [0.5, 0.6) is 0 Å². The lowest BCUT2D eigenvalue weighted by molar-refractivity contribution is -0.384. The number of nitro groups is 1. The van der Waals surface area contributed by atoms with Crippen molar-refractivity contribution in [3.05, 3.63) is 96.8 Å². The Bertz CT molecular complexity index is 1150. The van der Waals surface area contributed by atoms with Crippen LogP contribution < -0.4 is 16.6 Å². The number of H-pyrrole nitrogens is 1. The van der Waals surface area contributed by atoms with Crippen molar-refractivity contribution in [3.63, 3.8) is 0 Å². The molecule has 0 saturated heterocycles. The molecule has 0 aliphatic carbocycles. The summed E-state index contributed by atoms with van der Waals surface area (Å²) in [5.74, 6) is -0.863. The van der Waals surface area contributed by atoms with Crippen molar-refractivity contribution < 1.29 is 9.72 Å². The fourth-order valence-electron chi connectivity index (χ4n) is 2.60. The van der Waals surface area contributed by atoms with Crippen molar-refractivity contribution in [1.29, 1.82) is 0 Å². The van der Waals surface area contributed by atoms with Crippen molar-refractivity contribution in [2.75, 3.05) is 5.32 Å². The van der Waals surface area contributed by atoms with Gasteiger partial charge in [-0.1, -0.05) is 30.3 Å². The summed E-state index contributed by atoms with van der Waals surface area (Å²) in [5, 5.41) is 13.6. The van der Waals surface area contributed by atoms with Crippen molar-refractivity contribution in [2.45, 2.75) is 6.92 Å². The number of aromatic amines is 1. The number of hydrogen-bond donors (Lipinski definition) is 2. The van der Waals surface area contributed by atoms with Gasteiger partial charge in [-0.3, -0.25) is 19.7 Å². The van der Waals surface area contributed by atoms with E-state index in [2.05, 4.69) is 10.3 Å². The van der Waals surface area contributed by atoms with Gasteiger partial charge in [-0.25, -0.2) is 9.36 Å². The summed E-state index contributed by atoms with van der Waals surface area (Å²) in [6.45, 7) is 1.59. The highest BCUT2D eigenvalue weighted by Crippen LogP contribution is 2.27. The molecular formula is C18H14N4O5. The van der Waals surface area contributed by atoms with Crippen molar-refractivity contribution in [3.8, 4) is 5.69 Å². The van der Waals surface area contributed by atoms with E-state index in [1.54, 1.807) is 43.3 Å². The van der Waals surface area contributed by atoms with Gasteiger partial charge in [0.25, 0.3) is 17.2 Å². The van der Waals surface area contributed by atoms with Crippen LogP contribution in [0, 0.1) is 17.0 Å². The number of rotatable bonds is 4. The zero-order chi connectivity index (χ0) is 19.6. The highest BCUT2D eigenvalue weighted by molar-refractivity contribution is 6.05. The predicted octanol–water partition coefficient (Wildman–Crippen LogP) is 1.99. The molecule has 0 radical (unpaired) electrons. The zero-order valence-corrected chi connectivity index (χ0v) is 14.1. The average molecular weight is 366 g/mol. The normalized spacial score (nSPS) is 10.4. The molecule has 9 heteroatoms. The summed E-state index contributed by atoms with van der Waals surface area (Å²) in [6.07, 6.45) is 0.990. The molecule has 0 aliphatic heterocycles. The van der Waals surface area contributed by atoms with Gasteiger partial charge < -0.3 is 10.3 Å². The first-order chi connectivity index (χ1) is 12.9. The molecule has 136 valence electrons. The third-order valence-corrected chi connectivity index (χ3v) is 3.92. The van der Waals surface area contributed by atoms with Gasteiger partial charge in [0.2, 0.25) is 0 Å². The molecule has 0 aliphatic rings. The Morgan fingerprint density at radius 1 is 1.11 bits per heavy atom. The summed E-state index contributed by atoms with van der Waals surface area (Å²) in [6, 6.07) is 12.4. The minimum atomic E-state index is -0.863. The maximum absolute atomic E-state index is 12.7. The lowest BCUT2D eigenvalue weighted by atomic mass is 10.1. The van der Waals surface area contributed by atoms with Gasteiger partial charge in [-0.15, -0.1) is 0 Å². The molecule has 9 nitrogen and oxygen atoms in total. The van der Waals surface area contributed by atoms with Gasteiger partial charge in [0.05, 0.1) is 10.6 Å². The topological polar surface area (TPSA) is 127 Å². The number of hydrogen-bond acceptors (Lipinski definition) is 5. The van der Waals surface area contributed by atoms with Crippen molar-refractivity contribution >= 4 is 17.3 Å². The van der Waals surface area contributed by atoms with E-state index in [1.165, 1.54) is 12.1 Å². The molecular weight excluding hydrogens is 352 g/mol. The summed E-state index contributed by atoms with van der Waals surface area (Å²) in [7, 11) is 0. The number of aryl methyl sites for hydroxylation is 1. The molecule has 27 heavy (non-hydrogen) atoms. The predicted molar refractivity (Wildman–Crippen MR) is 98.4 cm³/mol. The SMILES string of the molecule is Cc1cccc([N+](=O)[O-])c1NC(=O)c1c[nH]c(=O)n(-c2ccccc2)c1=O. The Morgan fingerprint density at radius 2 is 1.81 bits per heavy atom. The third kappa shape index (κ3) is 3.38. The molecule has 1 aromatic heterocycles. The number of nitrogens with zero attached hydrogens (tertiary/aromatic N) is 2. The van der Waals surface area contributed by atoms with Crippen LogP contribution in [0.3, 0.4) is 0 Å². The molecule has 0 saturated carbocycles. The number of aromatic nitrogens is 2. The van der Waals surface area contributed by atoms with Crippen molar-refractivity contribution in [2.24, 2.45) is 0 Å². The van der Waals surface area contributed by atoms with Crippen LogP contribution in [0.4, 0.5) is 11.4 Å². The molecule has 0 bridgehead atoms. The standard InChI is InChI=1S/C18H14N4O5/c1-11-6-5-9-14(22(26)27)15(11)20-16(23)13-10-19-18(25)21(17(13)24)12-7-3-2-4-8-12/h2-10H,1H3,(H,19,25)(H,20,23). The maximum Gasteiger partial charge on any atom is 0.333 e. The summed E-state index contributed by atoms with van der Waals surface area (Å²) < 4.78 is 0.821. The Kier molecular flexibility index (Phi) is 4.67. The summed E-state index contributed by atoms with van der Waals surface area (Å²) >= 11 is 0. The second kappa shape index (κ2) is 7.08. The van der Waals surface area contributed by atoms with Crippen molar-refractivity contribution in [1.82, 2.24) is 9.55 Å². The number of nitrogens with one attached hydrogen (secondary N) is 2. The number of carbonyl (C=O) groups is 1. The fourth-order valence-corrected chi connectivity index (χ4v) is 2.60. The van der Waals surface area contributed by atoms with Crippen LogP contribution >= 0.6 is 0 Å². The largest absolute Gasteiger partial charge is 0.333 e. The molecule has 0 fully saturated rings. The number of benzene rings is 2. The number of nitro benzene ring substituents is 1. The van der Waals surface area contributed by atoms with Crippen LogP contribution in [0.1, 0.15) is 15.9 Å². The van der Waals surface area contributed by atoms with Gasteiger partial charge in [0.1, 0.15) is 11.3 Å². The smallest absolute Gasteiger partial charge is 0.316 e. The van der Waals surface area contributed by atoms with Crippen LogP contribution in [-0.4, -0.2) is 20.4 Å². The lowest BCUT2D eigenvalue weighted by Gasteiger charge is -2.10. The van der Waals surface area contributed by atoms with Gasteiger partial charge >= 0.3 is 5.69 Å². The van der Waals surface area contributed by atoms with Gasteiger partial charge in [0.15, 0.2) is 0 Å². The van der Waals surface area contributed by atoms with Crippen LogP contribution in [-0.2, 0) is 0 Å². The minimum absolute atomic E-state index is 0.00985. The highest BCUT2D eigenvalue weighted by Gasteiger charge is 2.21. The fraction of sp³-hybridized carbons (Fsp3) is 0.0556. The van der Waals surface area contributed by atoms with E-state index in [0.717, 1.165) is 10.8 Å². The van der Waals surface area contributed by atoms with Crippen LogP contribution in [0.2, 0.25) is 0 Å². The van der Waals surface area contributed by atoms with Crippen LogP contribution in [0.25, 0.3) is 5.69 Å². The zero-order valence-electron chi connectivity index (χ0n) is 14.1. The van der Waals surface area contributed by atoms with E-state index in [0.29, 0.717) is 11.3 Å². The minimum Gasteiger partial charge on any atom is -0.316 e. The van der Waals surface area contributed by atoms with E-state index in [1.807, 2.05) is 0 Å². The first-order valence-electron chi connectivity index (χ1n) is 7.85.